The van der Waals surface area contributed by atoms with E-state index >= 15 is 0 Å². The molecule has 58 valence electrons. The predicted octanol–water partition coefficient (Wildman–Crippen LogP) is 0.432. The van der Waals surface area contributed by atoms with Crippen LogP contribution in [-0.2, 0) is 9.53 Å². The first kappa shape index (κ1) is 7.82. The zero-order chi connectivity index (χ0) is 7.40. The van der Waals surface area contributed by atoms with Crippen LogP contribution < -0.4 is 0 Å². The number of ether oxygens (including phenoxy) is 1. The van der Waals surface area contributed by atoms with E-state index in [9.17, 15) is 4.79 Å². The fraction of sp³-hybridized carbons (Fsp3) is 0.833. The Morgan fingerprint density at radius 3 is 3.00 bits per heavy atom. The minimum absolute atomic E-state index is 0.0404. The van der Waals surface area contributed by atoms with Gasteiger partial charge in [-0.3, -0.25) is 4.79 Å². The lowest BCUT2D eigenvalue weighted by atomic mass is 10.4. The number of amides is 1. The largest absolute Gasteiger partial charge is 0.361 e. The summed E-state index contributed by atoms with van der Waals surface area (Å²) < 4.78 is 5.05. The average molecular weight is 164 g/mol. The zero-order valence-corrected chi connectivity index (χ0v) is 6.43. The molecular formula is C6H10ClNO2. The quantitative estimate of drug-likeness (QED) is 0.525. The van der Waals surface area contributed by atoms with E-state index in [1.54, 1.807) is 4.90 Å². The summed E-state index contributed by atoms with van der Waals surface area (Å²) in [6, 6.07) is 0. The number of hydrogen-bond donors (Lipinski definition) is 0. The van der Waals surface area contributed by atoms with Crippen molar-refractivity contribution in [2.24, 2.45) is 0 Å². The van der Waals surface area contributed by atoms with Gasteiger partial charge in [0.15, 0.2) is 0 Å². The smallest absolute Gasteiger partial charge is 0.239 e. The summed E-state index contributed by atoms with van der Waals surface area (Å²) in [5.41, 5.74) is 0. The van der Waals surface area contributed by atoms with E-state index in [-0.39, 0.29) is 11.8 Å². The van der Waals surface area contributed by atoms with E-state index in [2.05, 4.69) is 0 Å². The molecule has 1 aliphatic rings. The molecule has 0 unspecified atom stereocenters. The fourth-order valence-corrected chi connectivity index (χ4v) is 1.05. The number of carbonyl (C=O) groups is 1. The van der Waals surface area contributed by atoms with Crippen LogP contribution in [0.2, 0.25) is 0 Å². The molecule has 1 saturated heterocycles. The Labute approximate surface area is 64.9 Å². The molecule has 10 heavy (non-hydrogen) atoms. The van der Waals surface area contributed by atoms with Crippen molar-refractivity contribution in [2.75, 3.05) is 25.8 Å². The summed E-state index contributed by atoms with van der Waals surface area (Å²) in [7, 11) is 0. The third-order valence-electron chi connectivity index (χ3n) is 1.43. The molecule has 4 heteroatoms. The van der Waals surface area contributed by atoms with Gasteiger partial charge in [-0.2, -0.15) is 0 Å². The van der Waals surface area contributed by atoms with E-state index in [0.29, 0.717) is 6.73 Å². The van der Waals surface area contributed by atoms with Crippen molar-refractivity contribution in [1.82, 2.24) is 4.90 Å². The van der Waals surface area contributed by atoms with Crippen LogP contribution in [0.15, 0.2) is 0 Å². The lowest BCUT2D eigenvalue weighted by molar-refractivity contribution is -0.137. The van der Waals surface area contributed by atoms with Gasteiger partial charge in [-0.1, -0.05) is 0 Å². The molecule has 0 saturated carbocycles. The van der Waals surface area contributed by atoms with Gasteiger partial charge in [0, 0.05) is 6.54 Å². The third kappa shape index (κ3) is 1.85. The van der Waals surface area contributed by atoms with Crippen LogP contribution in [0.5, 0.6) is 0 Å². The highest BCUT2D eigenvalue weighted by atomic mass is 35.5. The topological polar surface area (TPSA) is 29.5 Å². The monoisotopic (exact) mass is 163 g/mol. The number of rotatable bonds is 1. The van der Waals surface area contributed by atoms with E-state index in [0.717, 1.165) is 19.6 Å². The number of halogens is 1. The normalized spacial score (nSPS) is 19.1. The molecule has 0 N–H and O–H groups in total. The van der Waals surface area contributed by atoms with Crippen LogP contribution >= 0.6 is 11.6 Å². The average Bonchev–Trinajstić information content (AvgIpc) is 2.05. The Bertz CT molecular complexity index is 123. The highest BCUT2D eigenvalue weighted by Crippen LogP contribution is 2.01. The summed E-state index contributed by atoms with van der Waals surface area (Å²) in [5, 5.41) is 0. The Morgan fingerprint density at radius 2 is 2.50 bits per heavy atom. The van der Waals surface area contributed by atoms with Crippen molar-refractivity contribution >= 4 is 17.5 Å². The predicted molar refractivity (Wildman–Crippen MR) is 37.9 cm³/mol. The van der Waals surface area contributed by atoms with Crippen LogP contribution in [0.4, 0.5) is 0 Å². The lowest BCUT2D eigenvalue weighted by Gasteiger charge is -2.25. The van der Waals surface area contributed by atoms with E-state index in [1.807, 2.05) is 0 Å². The second-order valence-corrected chi connectivity index (χ2v) is 2.45. The van der Waals surface area contributed by atoms with E-state index in [4.69, 9.17) is 16.3 Å². The Morgan fingerprint density at radius 1 is 1.70 bits per heavy atom. The molecule has 0 spiro atoms. The minimum Gasteiger partial charge on any atom is -0.361 e. The number of carbonyl (C=O) groups excluding carboxylic acids is 1. The molecule has 0 atom stereocenters. The first-order valence-corrected chi connectivity index (χ1v) is 3.79. The Hall–Kier alpha value is -0.280. The molecule has 0 aromatic rings. The number of hydrogen-bond acceptors (Lipinski definition) is 2. The van der Waals surface area contributed by atoms with Crippen LogP contribution in [0.25, 0.3) is 0 Å². The molecule has 1 aliphatic heterocycles. The van der Waals surface area contributed by atoms with Crippen LogP contribution in [-0.4, -0.2) is 36.6 Å². The molecule has 0 bridgehead atoms. The van der Waals surface area contributed by atoms with Gasteiger partial charge in [0.1, 0.15) is 12.6 Å². The second kappa shape index (κ2) is 3.78. The highest BCUT2D eigenvalue weighted by Gasteiger charge is 2.14. The van der Waals surface area contributed by atoms with Crippen LogP contribution in [0.1, 0.15) is 6.42 Å². The van der Waals surface area contributed by atoms with Gasteiger partial charge in [-0.25, -0.2) is 0 Å². The van der Waals surface area contributed by atoms with Crippen molar-refractivity contribution in [3.63, 3.8) is 0 Å². The SMILES string of the molecule is O=C(CCl)N1CCCOC1. The molecule has 0 aromatic heterocycles. The molecular weight excluding hydrogens is 154 g/mol. The van der Waals surface area contributed by atoms with Crippen LogP contribution in [0, 0.1) is 0 Å². The summed E-state index contributed by atoms with van der Waals surface area (Å²) in [6.07, 6.45) is 0.919. The molecule has 0 aromatic carbocycles. The minimum atomic E-state index is -0.0404. The van der Waals surface area contributed by atoms with Gasteiger partial charge < -0.3 is 9.64 Å². The van der Waals surface area contributed by atoms with Crippen molar-refractivity contribution < 1.29 is 9.53 Å². The molecule has 1 heterocycles. The molecule has 0 aliphatic carbocycles. The molecule has 1 amide bonds. The maximum absolute atomic E-state index is 10.9. The second-order valence-electron chi connectivity index (χ2n) is 2.18. The van der Waals surface area contributed by atoms with Gasteiger partial charge in [-0.05, 0) is 6.42 Å². The van der Waals surface area contributed by atoms with E-state index in [1.165, 1.54) is 0 Å². The third-order valence-corrected chi connectivity index (χ3v) is 1.66. The van der Waals surface area contributed by atoms with Crippen LogP contribution in [0.3, 0.4) is 0 Å². The first-order chi connectivity index (χ1) is 4.84. The number of nitrogens with zero attached hydrogens (tertiary/aromatic N) is 1. The summed E-state index contributed by atoms with van der Waals surface area (Å²) in [4.78, 5) is 12.5. The molecule has 1 fully saturated rings. The maximum Gasteiger partial charge on any atom is 0.239 e. The first-order valence-electron chi connectivity index (χ1n) is 3.26. The van der Waals surface area contributed by atoms with Crippen molar-refractivity contribution in [2.45, 2.75) is 6.42 Å². The van der Waals surface area contributed by atoms with E-state index < -0.39 is 0 Å². The summed E-state index contributed by atoms with van der Waals surface area (Å²) in [6.45, 7) is 1.95. The van der Waals surface area contributed by atoms with Crippen molar-refractivity contribution in [1.29, 1.82) is 0 Å². The van der Waals surface area contributed by atoms with Gasteiger partial charge >= 0.3 is 0 Å². The zero-order valence-electron chi connectivity index (χ0n) is 5.68. The fourth-order valence-electron chi connectivity index (χ4n) is 0.878. The van der Waals surface area contributed by atoms with Gasteiger partial charge in [-0.15, -0.1) is 11.6 Å². The summed E-state index contributed by atoms with van der Waals surface area (Å²) >= 11 is 5.34. The standard InChI is InChI=1S/C6H10ClNO2/c7-4-6(9)8-2-1-3-10-5-8/h1-5H2. The Kier molecular flexibility index (Phi) is 2.96. The van der Waals surface area contributed by atoms with Gasteiger partial charge in [0.2, 0.25) is 5.91 Å². The molecule has 0 radical (unpaired) electrons. The Balaban J connectivity index is 2.31. The maximum atomic E-state index is 10.9. The van der Waals surface area contributed by atoms with Gasteiger partial charge in [0.05, 0.1) is 6.61 Å². The number of alkyl halides is 1. The molecule has 1 rings (SSSR count). The van der Waals surface area contributed by atoms with Crippen molar-refractivity contribution in [3.05, 3.63) is 0 Å². The summed E-state index contributed by atoms with van der Waals surface area (Å²) in [5.74, 6) is 0.0185. The van der Waals surface area contributed by atoms with Gasteiger partial charge in [0.25, 0.3) is 0 Å². The lowest BCUT2D eigenvalue weighted by Crippen LogP contribution is -2.38. The highest BCUT2D eigenvalue weighted by molar-refractivity contribution is 6.27. The van der Waals surface area contributed by atoms with Crippen molar-refractivity contribution in [3.8, 4) is 0 Å². The molecule has 3 nitrogen and oxygen atoms in total.